The molecule has 1 aromatic rings. The zero-order valence-electron chi connectivity index (χ0n) is 7.80. The molecule has 5 heteroatoms. The molecule has 1 atom stereocenters. The van der Waals surface area contributed by atoms with Gasteiger partial charge in [0.25, 0.3) is 0 Å². The second-order valence-electron chi connectivity index (χ2n) is 1.64. The van der Waals surface area contributed by atoms with E-state index in [1.54, 1.807) is 30.3 Å². The summed E-state index contributed by atoms with van der Waals surface area (Å²) < 4.78 is 14.6. The minimum absolute atomic E-state index is 0. The summed E-state index contributed by atoms with van der Waals surface area (Å²) in [7, 11) is -2.53. The van der Waals surface area contributed by atoms with Crippen molar-refractivity contribution in [1.29, 1.82) is 0 Å². The van der Waals surface area contributed by atoms with Crippen LogP contribution in [0.1, 0.15) is 2.85 Å². The van der Waals surface area contributed by atoms with Crippen LogP contribution in [0.25, 0.3) is 0 Å². The summed E-state index contributed by atoms with van der Waals surface area (Å²) in [5.41, 5.74) is 0. The van der Waals surface area contributed by atoms with E-state index >= 15 is 0 Å². The quantitative estimate of drug-likeness (QED) is 0.580. The van der Waals surface area contributed by atoms with Crippen molar-refractivity contribution < 1.29 is 16.8 Å². The van der Waals surface area contributed by atoms with E-state index in [2.05, 4.69) is 4.52 Å². The van der Waals surface area contributed by atoms with Gasteiger partial charge in [0.1, 0.15) is 0 Å². The van der Waals surface area contributed by atoms with Crippen LogP contribution in [0, 0.1) is 0 Å². The molecule has 56 valence electrons. The SMILES string of the molecule is O=[P+](O)Oc1ccccc1.[Ca+2].[H-].[H-]. The first-order valence-corrected chi connectivity index (χ1v) is 3.81. The number of benzene rings is 1. The Kier molecular flexibility index (Phi) is 6.11. The van der Waals surface area contributed by atoms with E-state index in [0.717, 1.165) is 0 Å². The van der Waals surface area contributed by atoms with Gasteiger partial charge >= 0.3 is 46.0 Å². The molecule has 0 saturated heterocycles. The molecule has 0 heterocycles. The summed E-state index contributed by atoms with van der Waals surface area (Å²) in [5, 5.41) is 0. The number of rotatable bonds is 2. The molecule has 0 saturated carbocycles. The van der Waals surface area contributed by atoms with E-state index in [9.17, 15) is 4.57 Å². The Morgan fingerprint density at radius 1 is 1.36 bits per heavy atom. The molecular formula is C6H8CaO3P+. The third-order valence-corrected chi connectivity index (χ3v) is 1.29. The third kappa shape index (κ3) is 4.72. The Morgan fingerprint density at radius 2 is 1.91 bits per heavy atom. The maximum absolute atomic E-state index is 10.1. The Hall–Kier alpha value is 0.340. The van der Waals surface area contributed by atoms with E-state index < -0.39 is 8.25 Å². The van der Waals surface area contributed by atoms with E-state index in [1.807, 2.05) is 0 Å². The smallest absolute Gasteiger partial charge is 1.00 e. The number of para-hydroxylation sites is 1. The van der Waals surface area contributed by atoms with Gasteiger partial charge in [-0.3, -0.25) is 0 Å². The zero-order chi connectivity index (χ0) is 7.40. The summed E-state index contributed by atoms with van der Waals surface area (Å²) in [5.74, 6) is 0.408. The summed E-state index contributed by atoms with van der Waals surface area (Å²) in [6.07, 6.45) is 0. The zero-order valence-corrected chi connectivity index (χ0v) is 8.91. The fourth-order valence-electron chi connectivity index (χ4n) is 0.572. The molecular weight excluding hydrogens is 191 g/mol. The van der Waals surface area contributed by atoms with Crippen molar-refractivity contribution in [3.63, 3.8) is 0 Å². The van der Waals surface area contributed by atoms with Gasteiger partial charge in [-0.25, -0.2) is 4.52 Å². The van der Waals surface area contributed by atoms with Gasteiger partial charge in [-0.15, -0.1) is 4.89 Å². The molecule has 1 rings (SSSR count). The van der Waals surface area contributed by atoms with Gasteiger partial charge in [0.15, 0.2) is 5.75 Å². The van der Waals surface area contributed by atoms with Crippen LogP contribution >= 0.6 is 8.25 Å². The molecule has 1 N–H and O–H groups in total. The first kappa shape index (κ1) is 11.3. The monoisotopic (exact) mass is 199 g/mol. The van der Waals surface area contributed by atoms with Gasteiger partial charge < -0.3 is 2.85 Å². The molecule has 3 nitrogen and oxygen atoms in total. The average molecular weight is 199 g/mol. The van der Waals surface area contributed by atoms with Crippen LogP contribution in [-0.4, -0.2) is 42.6 Å². The molecule has 0 spiro atoms. The molecule has 1 aromatic carbocycles. The van der Waals surface area contributed by atoms with Crippen LogP contribution < -0.4 is 4.52 Å². The van der Waals surface area contributed by atoms with Crippen molar-refractivity contribution >= 4 is 46.0 Å². The minimum atomic E-state index is -2.53. The van der Waals surface area contributed by atoms with E-state index in [0.29, 0.717) is 5.75 Å². The topological polar surface area (TPSA) is 46.5 Å². The first-order chi connectivity index (χ1) is 4.79. The van der Waals surface area contributed by atoms with Crippen molar-refractivity contribution in [3.8, 4) is 5.75 Å². The van der Waals surface area contributed by atoms with Crippen molar-refractivity contribution in [3.05, 3.63) is 30.3 Å². The van der Waals surface area contributed by atoms with Gasteiger partial charge in [-0.2, -0.15) is 0 Å². The Bertz CT molecular complexity index is 235. The molecule has 0 aliphatic heterocycles. The van der Waals surface area contributed by atoms with E-state index in [4.69, 9.17) is 4.89 Å². The summed E-state index contributed by atoms with van der Waals surface area (Å²) in [4.78, 5) is 8.29. The van der Waals surface area contributed by atoms with Crippen LogP contribution in [0.2, 0.25) is 0 Å². The van der Waals surface area contributed by atoms with Gasteiger partial charge in [0.05, 0.1) is 0 Å². The molecule has 0 bridgehead atoms. The largest absolute Gasteiger partial charge is 2.00 e. The molecule has 0 radical (unpaired) electrons. The van der Waals surface area contributed by atoms with Crippen molar-refractivity contribution in [2.75, 3.05) is 0 Å². The average Bonchev–Trinajstić information content (AvgIpc) is 1.88. The minimum Gasteiger partial charge on any atom is -1.00 e. The predicted molar refractivity (Wildman–Crippen MR) is 44.9 cm³/mol. The summed E-state index contributed by atoms with van der Waals surface area (Å²) in [6.45, 7) is 0. The Balaban J connectivity index is -0.000000333. The first-order valence-electron chi connectivity index (χ1n) is 2.68. The van der Waals surface area contributed by atoms with Crippen LogP contribution in [0.3, 0.4) is 0 Å². The predicted octanol–water partition coefficient (Wildman–Crippen LogP) is 1.56. The van der Waals surface area contributed by atoms with Crippen LogP contribution in [0.4, 0.5) is 0 Å². The van der Waals surface area contributed by atoms with Crippen LogP contribution in [0.15, 0.2) is 30.3 Å². The fourth-order valence-corrected chi connectivity index (χ4v) is 0.874. The molecule has 0 aliphatic carbocycles. The molecule has 0 fully saturated rings. The maximum Gasteiger partial charge on any atom is 2.00 e. The van der Waals surface area contributed by atoms with Gasteiger partial charge in [-0.1, -0.05) is 18.2 Å². The second kappa shape index (κ2) is 5.92. The molecule has 11 heavy (non-hydrogen) atoms. The van der Waals surface area contributed by atoms with Gasteiger partial charge in [-0.05, 0) is 12.1 Å². The maximum atomic E-state index is 10.1. The molecule has 1 unspecified atom stereocenters. The molecule has 0 aromatic heterocycles. The summed E-state index contributed by atoms with van der Waals surface area (Å²) >= 11 is 0. The Labute approximate surface area is 98.3 Å². The fraction of sp³-hybridized carbons (Fsp3) is 0. The van der Waals surface area contributed by atoms with E-state index in [1.165, 1.54) is 0 Å². The Morgan fingerprint density at radius 3 is 2.36 bits per heavy atom. The second-order valence-corrected chi connectivity index (χ2v) is 2.30. The normalized spacial score (nSPS) is 9.73. The van der Waals surface area contributed by atoms with Gasteiger partial charge in [0.2, 0.25) is 0 Å². The van der Waals surface area contributed by atoms with Crippen molar-refractivity contribution in [2.45, 2.75) is 0 Å². The standard InChI is InChI=1S/C6H5O3P.Ca.2H/c7-10(8)9-6-4-2-1-3-5-6;;;/h1-5H;;;/q;+2;2*-1/p+1. The number of hydrogen-bond acceptors (Lipinski definition) is 2. The summed E-state index contributed by atoms with van der Waals surface area (Å²) in [6, 6.07) is 8.49. The number of hydrogen-bond donors (Lipinski definition) is 1. The molecule has 0 aliphatic rings. The van der Waals surface area contributed by atoms with Gasteiger partial charge in [0, 0.05) is 4.57 Å². The van der Waals surface area contributed by atoms with Crippen molar-refractivity contribution in [2.24, 2.45) is 0 Å². The molecule has 0 amide bonds. The van der Waals surface area contributed by atoms with Crippen LogP contribution in [0.5, 0.6) is 5.75 Å². The third-order valence-electron chi connectivity index (χ3n) is 0.927. The van der Waals surface area contributed by atoms with Crippen LogP contribution in [-0.2, 0) is 4.57 Å². The van der Waals surface area contributed by atoms with E-state index in [-0.39, 0.29) is 40.6 Å². The van der Waals surface area contributed by atoms with Crippen molar-refractivity contribution in [1.82, 2.24) is 0 Å².